The summed E-state index contributed by atoms with van der Waals surface area (Å²) in [4.78, 5) is 21.9. The zero-order valence-electron chi connectivity index (χ0n) is 17.6. The lowest BCUT2D eigenvalue weighted by molar-refractivity contribution is -0.115. The van der Waals surface area contributed by atoms with E-state index in [2.05, 4.69) is 9.98 Å². The van der Waals surface area contributed by atoms with Crippen LogP contribution in [0.15, 0.2) is 71.4 Å². The highest BCUT2D eigenvalue weighted by Crippen LogP contribution is 2.40. The first-order chi connectivity index (χ1) is 16.1. The van der Waals surface area contributed by atoms with Crippen molar-refractivity contribution in [1.82, 2.24) is 4.98 Å². The number of amidine groups is 1. The number of allylic oxidation sites excluding steroid dienone is 1. The van der Waals surface area contributed by atoms with E-state index in [1.807, 2.05) is 24.3 Å². The van der Waals surface area contributed by atoms with Crippen LogP contribution < -0.4 is 15.4 Å². The molecule has 33 heavy (non-hydrogen) atoms. The highest BCUT2D eigenvalue weighted by atomic mass is 19.1. The molecule has 2 aromatic carbocycles. The van der Waals surface area contributed by atoms with E-state index in [0.29, 0.717) is 39.6 Å². The minimum Gasteiger partial charge on any atom is -0.457 e. The van der Waals surface area contributed by atoms with Crippen LogP contribution in [0, 0.1) is 23.1 Å². The highest BCUT2D eigenvalue weighted by molar-refractivity contribution is 6.15. The zero-order valence-corrected chi connectivity index (χ0v) is 17.6. The Kier molecular flexibility index (Phi) is 5.15. The van der Waals surface area contributed by atoms with Crippen molar-refractivity contribution in [2.45, 2.75) is 12.8 Å². The second kappa shape index (κ2) is 8.28. The van der Waals surface area contributed by atoms with Gasteiger partial charge in [0.2, 0.25) is 0 Å². The Morgan fingerprint density at radius 3 is 2.70 bits per heavy atom. The molecule has 0 spiro atoms. The number of para-hydroxylation sites is 1. The van der Waals surface area contributed by atoms with E-state index in [4.69, 9.17) is 15.7 Å². The van der Waals surface area contributed by atoms with Gasteiger partial charge >= 0.3 is 0 Å². The molecule has 2 aliphatic rings. The number of carbonyl (C=O) groups is 1. The largest absolute Gasteiger partial charge is 0.457 e. The summed E-state index contributed by atoms with van der Waals surface area (Å²) in [6.07, 6.45) is 4.67. The maximum Gasteiger partial charge on any atom is 0.257 e. The van der Waals surface area contributed by atoms with Crippen molar-refractivity contribution < 1.29 is 13.9 Å². The number of nitrogens with two attached hydrogens (primary N) is 1. The number of hydrogen-bond donors (Lipinski definition) is 2. The van der Waals surface area contributed by atoms with Gasteiger partial charge in [0.25, 0.3) is 5.91 Å². The van der Waals surface area contributed by atoms with Gasteiger partial charge in [0.15, 0.2) is 0 Å². The molecule has 1 fully saturated rings. The third kappa shape index (κ3) is 3.85. The number of amides is 1. The lowest BCUT2D eigenvalue weighted by Gasteiger charge is -2.26. The standard InChI is InChI=1S/C25H20FN5O2/c26-21-12-17(33-16-4-2-1-3-5-16)8-9-19(21)20-13-29-24-22(20)23(28)30-14-31(24)25(32)18(10-11-27)15-6-7-15/h1-5,8-10,12-13,15,29H,6-7,14H2,(H2,28,30). The quantitative estimate of drug-likeness (QED) is 0.449. The Balaban J connectivity index is 1.48. The van der Waals surface area contributed by atoms with Gasteiger partial charge in [0, 0.05) is 35.0 Å². The number of nitrogens with one attached hydrogen (secondary N) is 1. The van der Waals surface area contributed by atoms with Crippen LogP contribution in [0.2, 0.25) is 0 Å². The lowest BCUT2D eigenvalue weighted by atomic mass is 10.0. The number of ether oxygens (including phenoxy) is 1. The predicted octanol–water partition coefficient (Wildman–Crippen LogP) is 4.48. The number of halogens is 1. The number of anilines is 1. The van der Waals surface area contributed by atoms with Gasteiger partial charge in [-0.25, -0.2) is 9.38 Å². The first kappa shape index (κ1) is 20.5. The number of fused-ring (bicyclic) bond motifs is 1. The van der Waals surface area contributed by atoms with E-state index < -0.39 is 5.82 Å². The van der Waals surface area contributed by atoms with Crippen LogP contribution in [0.3, 0.4) is 0 Å². The molecule has 3 aromatic rings. The molecule has 1 aromatic heterocycles. The van der Waals surface area contributed by atoms with Crippen LogP contribution in [0.1, 0.15) is 18.4 Å². The Bertz CT molecular complexity index is 1330. The number of carbonyl (C=O) groups excluding carboxylic acids is 1. The monoisotopic (exact) mass is 441 g/mol. The van der Waals surface area contributed by atoms with Gasteiger partial charge in [-0.15, -0.1) is 0 Å². The lowest BCUT2D eigenvalue weighted by Crippen LogP contribution is -2.38. The van der Waals surface area contributed by atoms with Crippen molar-refractivity contribution in [1.29, 1.82) is 5.26 Å². The molecule has 1 saturated carbocycles. The van der Waals surface area contributed by atoms with Gasteiger partial charge in [-0.1, -0.05) is 18.2 Å². The predicted molar refractivity (Wildman–Crippen MR) is 122 cm³/mol. The molecule has 0 atom stereocenters. The first-order valence-electron chi connectivity index (χ1n) is 10.5. The summed E-state index contributed by atoms with van der Waals surface area (Å²) >= 11 is 0. The molecule has 1 aliphatic heterocycles. The summed E-state index contributed by atoms with van der Waals surface area (Å²) < 4.78 is 20.8. The van der Waals surface area contributed by atoms with Crippen LogP contribution in [-0.4, -0.2) is 23.4 Å². The molecule has 0 unspecified atom stereocenters. The van der Waals surface area contributed by atoms with E-state index in [9.17, 15) is 4.79 Å². The third-order valence-electron chi connectivity index (χ3n) is 5.71. The van der Waals surface area contributed by atoms with Crippen molar-refractivity contribution in [3.05, 3.63) is 77.8 Å². The third-order valence-corrected chi connectivity index (χ3v) is 5.71. The topological polar surface area (TPSA) is 108 Å². The van der Waals surface area contributed by atoms with Crippen molar-refractivity contribution >= 4 is 17.6 Å². The summed E-state index contributed by atoms with van der Waals surface area (Å²) in [7, 11) is 0. The molecule has 7 nitrogen and oxygen atoms in total. The maximum atomic E-state index is 15.1. The van der Waals surface area contributed by atoms with Gasteiger partial charge < -0.3 is 15.5 Å². The number of nitriles is 1. The van der Waals surface area contributed by atoms with Gasteiger partial charge in [-0.3, -0.25) is 9.69 Å². The molecule has 0 saturated heterocycles. The number of aliphatic imine (C=N–C) groups is 1. The molecule has 0 bridgehead atoms. The number of aromatic amines is 1. The number of rotatable bonds is 5. The second-order valence-corrected chi connectivity index (χ2v) is 7.90. The minimum absolute atomic E-state index is 0.0272. The summed E-state index contributed by atoms with van der Waals surface area (Å²) in [5.74, 6) is 0.920. The van der Waals surface area contributed by atoms with E-state index in [-0.39, 0.29) is 24.3 Å². The number of benzene rings is 2. The van der Waals surface area contributed by atoms with Crippen molar-refractivity contribution in [2.24, 2.45) is 16.6 Å². The molecular formula is C25H20FN5O2. The molecule has 5 rings (SSSR count). The first-order valence-corrected chi connectivity index (χ1v) is 10.5. The van der Waals surface area contributed by atoms with Gasteiger partial charge in [0.05, 0.1) is 11.6 Å². The number of aromatic nitrogens is 1. The summed E-state index contributed by atoms with van der Waals surface area (Å²) in [6, 6.07) is 15.7. The second-order valence-electron chi connectivity index (χ2n) is 7.90. The van der Waals surface area contributed by atoms with Crippen LogP contribution >= 0.6 is 0 Å². The van der Waals surface area contributed by atoms with E-state index in [0.717, 1.165) is 12.8 Å². The van der Waals surface area contributed by atoms with Crippen LogP contribution in [0.25, 0.3) is 11.1 Å². The minimum atomic E-state index is -0.496. The van der Waals surface area contributed by atoms with Gasteiger partial charge in [-0.05, 0) is 43.0 Å². The fourth-order valence-electron chi connectivity index (χ4n) is 3.94. The summed E-state index contributed by atoms with van der Waals surface area (Å²) in [5, 5.41) is 9.09. The van der Waals surface area contributed by atoms with Crippen LogP contribution in [0.4, 0.5) is 10.2 Å². The van der Waals surface area contributed by atoms with E-state index >= 15 is 4.39 Å². The van der Waals surface area contributed by atoms with Gasteiger partial charge in [-0.2, -0.15) is 5.26 Å². The smallest absolute Gasteiger partial charge is 0.257 e. The maximum absolute atomic E-state index is 15.1. The van der Waals surface area contributed by atoms with E-state index in [1.54, 1.807) is 30.5 Å². The Labute approximate surface area is 189 Å². The molecule has 0 radical (unpaired) electrons. The Morgan fingerprint density at radius 1 is 1.21 bits per heavy atom. The molecule has 3 N–H and O–H groups in total. The van der Waals surface area contributed by atoms with Crippen LogP contribution in [0.5, 0.6) is 11.5 Å². The molecule has 1 amide bonds. The fraction of sp³-hybridized carbons (Fsp3) is 0.160. The van der Waals surface area contributed by atoms with Crippen LogP contribution in [-0.2, 0) is 4.79 Å². The molecular weight excluding hydrogens is 421 g/mol. The highest BCUT2D eigenvalue weighted by Gasteiger charge is 2.36. The number of H-pyrrole nitrogens is 1. The zero-order chi connectivity index (χ0) is 22.9. The van der Waals surface area contributed by atoms with Crippen molar-refractivity contribution in [3.63, 3.8) is 0 Å². The van der Waals surface area contributed by atoms with Crippen molar-refractivity contribution in [2.75, 3.05) is 11.6 Å². The Hall–Kier alpha value is -4.38. The average Bonchev–Trinajstić information content (AvgIpc) is 3.56. The molecule has 8 heteroatoms. The number of hydrogen-bond acceptors (Lipinski definition) is 5. The Morgan fingerprint density at radius 2 is 2.00 bits per heavy atom. The summed E-state index contributed by atoms with van der Waals surface area (Å²) in [6.45, 7) is 0.0272. The molecule has 2 heterocycles. The molecule has 164 valence electrons. The number of nitrogens with zero attached hydrogens (tertiary/aromatic N) is 3. The average molecular weight is 441 g/mol. The SMILES string of the molecule is N#CC=C(C(=O)N1CN=C(N)c2c(-c3ccc(Oc4ccccc4)cc3F)c[nH]c21)C1CC1. The fourth-order valence-corrected chi connectivity index (χ4v) is 3.94. The van der Waals surface area contributed by atoms with Gasteiger partial charge in [0.1, 0.15) is 35.6 Å². The molecule has 1 aliphatic carbocycles. The normalized spacial score (nSPS) is 15.5. The van der Waals surface area contributed by atoms with E-state index in [1.165, 1.54) is 17.0 Å². The van der Waals surface area contributed by atoms with Crippen molar-refractivity contribution in [3.8, 4) is 28.7 Å². The summed E-state index contributed by atoms with van der Waals surface area (Å²) in [5.41, 5.74) is 7.87.